The Bertz CT molecular complexity index is 1310. The van der Waals surface area contributed by atoms with E-state index in [9.17, 15) is 8.42 Å². The van der Waals surface area contributed by atoms with Gasteiger partial charge in [-0.05, 0) is 69.5 Å². The number of hydrogen-bond acceptors (Lipinski definition) is 5. The third kappa shape index (κ3) is 4.89. The van der Waals surface area contributed by atoms with E-state index < -0.39 is 15.1 Å². The Hall–Kier alpha value is -2.64. The molecule has 0 N–H and O–H groups in total. The van der Waals surface area contributed by atoms with Crippen LogP contribution < -0.4 is 0 Å². The predicted octanol–water partition coefficient (Wildman–Crippen LogP) is 6.48. The quantitative estimate of drug-likeness (QED) is 0.336. The van der Waals surface area contributed by atoms with E-state index in [1.807, 2.05) is 30.9 Å². The van der Waals surface area contributed by atoms with Gasteiger partial charge in [0.25, 0.3) is 0 Å². The number of aromatic nitrogens is 3. The van der Waals surface area contributed by atoms with E-state index in [2.05, 4.69) is 36.2 Å². The Morgan fingerprint density at radius 2 is 1.56 bits per heavy atom. The number of sulfone groups is 1. The van der Waals surface area contributed by atoms with E-state index in [1.165, 1.54) is 5.56 Å². The summed E-state index contributed by atoms with van der Waals surface area (Å²) in [4.78, 5) is 10.9. The summed E-state index contributed by atoms with van der Waals surface area (Å²) in [5.41, 5.74) is 5.47. The third-order valence-corrected chi connectivity index (χ3v) is 8.10. The first-order valence-corrected chi connectivity index (χ1v) is 13.0. The van der Waals surface area contributed by atoms with Gasteiger partial charge in [0.1, 0.15) is 5.52 Å². The number of benzene rings is 2. The smallest absolute Gasteiger partial charge is 0.180 e. The zero-order valence-corrected chi connectivity index (χ0v) is 21.0. The van der Waals surface area contributed by atoms with Crippen LogP contribution in [-0.2, 0) is 9.84 Å². The van der Waals surface area contributed by atoms with Gasteiger partial charge >= 0.3 is 0 Å². The van der Waals surface area contributed by atoms with Crippen molar-refractivity contribution >= 4 is 32.9 Å². The van der Waals surface area contributed by atoms with E-state index in [1.54, 1.807) is 56.3 Å². The SMILES string of the molecule is CC.Cc1ccc(Sn2cc(C)c3nc(-c4ccc(S(=O)(=O)C(C)C)cc4)cnc32)cc1. The highest BCUT2D eigenvalue weighted by molar-refractivity contribution is 7.98. The van der Waals surface area contributed by atoms with E-state index >= 15 is 0 Å². The highest BCUT2D eigenvalue weighted by Gasteiger charge is 2.19. The van der Waals surface area contributed by atoms with Gasteiger partial charge in [0.2, 0.25) is 0 Å². The second-order valence-corrected chi connectivity index (χ2v) is 11.1. The molecule has 168 valence electrons. The average molecular weight is 468 g/mol. The Kier molecular flexibility index (Phi) is 7.41. The molecular weight excluding hydrogens is 438 g/mol. The van der Waals surface area contributed by atoms with Gasteiger partial charge in [-0.15, -0.1) is 0 Å². The molecule has 0 unspecified atom stereocenters. The van der Waals surface area contributed by atoms with Crippen LogP contribution in [0.3, 0.4) is 0 Å². The van der Waals surface area contributed by atoms with Crippen molar-refractivity contribution in [1.29, 1.82) is 0 Å². The van der Waals surface area contributed by atoms with Crippen molar-refractivity contribution in [2.24, 2.45) is 0 Å². The molecule has 5 nitrogen and oxygen atoms in total. The second-order valence-electron chi connectivity index (χ2n) is 7.59. The Balaban J connectivity index is 0.00000141. The lowest BCUT2D eigenvalue weighted by Gasteiger charge is -2.09. The summed E-state index contributed by atoms with van der Waals surface area (Å²) in [6.07, 6.45) is 3.78. The monoisotopic (exact) mass is 467 g/mol. The number of rotatable bonds is 5. The summed E-state index contributed by atoms with van der Waals surface area (Å²) in [5, 5.41) is -0.451. The van der Waals surface area contributed by atoms with Crippen LogP contribution in [0.15, 0.2) is 70.7 Å². The minimum Gasteiger partial charge on any atom is -0.269 e. The largest absolute Gasteiger partial charge is 0.269 e. The van der Waals surface area contributed by atoms with Crippen LogP contribution in [0.4, 0.5) is 0 Å². The van der Waals surface area contributed by atoms with E-state index in [-0.39, 0.29) is 0 Å². The lowest BCUT2D eigenvalue weighted by atomic mass is 10.1. The fraction of sp³-hybridized carbons (Fsp3) is 0.280. The molecule has 0 aliphatic heterocycles. The van der Waals surface area contributed by atoms with Crippen LogP contribution in [0.5, 0.6) is 0 Å². The minimum absolute atomic E-state index is 0.326. The van der Waals surface area contributed by atoms with Gasteiger partial charge in [0, 0.05) is 16.7 Å². The second kappa shape index (κ2) is 9.88. The molecule has 4 rings (SSSR count). The van der Waals surface area contributed by atoms with Crippen molar-refractivity contribution in [1.82, 2.24) is 13.9 Å². The standard InChI is InChI=1S/C23H23N3O2S2.C2H6/c1-15(2)30(27,28)20-11-7-18(8-12-20)21-13-24-23-22(25-21)17(4)14-26(23)29-19-9-5-16(3)6-10-19;1-2/h5-15H,1-4H3;1-2H3. The molecule has 0 atom stereocenters. The van der Waals surface area contributed by atoms with Crippen molar-refractivity contribution in [2.45, 2.75) is 56.6 Å². The number of nitrogens with zero attached hydrogens (tertiary/aromatic N) is 3. The molecule has 0 fully saturated rings. The molecule has 0 radical (unpaired) electrons. The minimum atomic E-state index is -3.29. The maximum atomic E-state index is 12.3. The van der Waals surface area contributed by atoms with E-state index in [0.717, 1.165) is 32.9 Å². The maximum absolute atomic E-state index is 12.3. The molecule has 0 saturated heterocycles. The first-order valence-electron chi connectivity index (χ1n) is 10.7. The summed E-state index contributed by atoms with van der Waals surface area (Å²) in [6.45, 7) is 11.5. The Morgan fingerprint density at radius 1 is 0.938 bits per heavy atom. The molecule has 0 aliphatic carbocycles. The zero-order chi connectivity index (χ0) is 23.5. The van der Waals surface area contributed by atoms with Crippen molar-refractivity contribution in [2.75, 3.05) is 0 Å². The zero-order valence-electron chi connectivity index (χ0n) is 19.3. The molecule has 0 amide bonds. The molecule has 2 aromatic carbocycles. The van der Waals surface area contributed by atoms with Crippen LogP contribution in [0.1, 0.15) is 38.8 Å². The van der Waals surface area contributed by atoms with Gasteiger partial charge in [0.15, 0.2) is 15.5 Å². The van der Waals surface area contributed by atoms with Crippen LogP contribution in [0, 0.1) is 13.8 Å². The molecule has 2 aromatic heterocycles. The molecule has 7 heteroatoms. The van der Waals surface area contributed by atoms with Crippen molar-refractivity contribution in [3.8, 4) is 11.3 Å². The van der Waals surface area contributed by atoms with Crippen LogP contribution >= 0.6 is 11.9 Å². The highest BCUT2D eigenvalue weighted by Crippen LogP contribution is 2.29. The summed E-state index contributed by atoms with van der Waals surface area (Å²) < 4.78 is 26.7. The summed E-state index contributed by atoms with van der Waals surface area (Å²) in [7, 11) is -3.29. The van der Waals surface area contributed by atoms with Crippen LogP contribution in [0.2, 0.25) is 0 Å². The molecule has 0 aliphatic rings. The fourth-order valence-corrected chi connectivity index (χ4v) is 5.09. The molecule has 0 spiro atoms. The highest BCUT2D eigenvalue weighted by atomic mass is 32.2. The lowest BCUT2D eigenvalue weighted by Crippen LogP contribution is -2.13. The van der Waals surface area contributed by atoms with E-state index in [4.69, 9.17) is 4.98 Å². The average Bonchev–Trinajstić information content (AvgIpc) is 3.11. The van der Waals surface area contributed by atoms with Crippen LogP contribution in [-0.4, -0.2) is 27.6 Å². The van der Waals surface area contributed by atoms with Crippen molar-refractivity contribution in [3.05, 3.63) is 72.1 Å². The number of fused-ring (bicyclic) bond motifs is 1. The molecule has 2 heterocycles. The first-order chi connectivity index (χ1) is 15.3. The number of hydrogen-bond donors (Lipinski definition) is 0. The van der Waals surface area contributed by atoms with Crippen molar-refractivity contribution < 1.29 is 8.42 Å². The summed E-state index contributed by atoms with van der Waals surface area (Å²) in [5.74, 6) is 0. The van der Waals surface area contributed by atoms with Gasteiger partial charge in [-0.25, -0.2) is 18.4 Å². The van der Waals surface area contributed by atoms with Gasteiger partial charge in [-0.2, -0.15) is 0 Å². The van der Waals surface area contributed by atoms with Gasteiger partial charge in [-0.1, -0.05) is 43.7 Å². The Morgan fingerprint density at radius 3 is 2.16 bits per heavy atom. The maximum Gasteiger partial charge on any atom is 0.180 e. The third-order valence-electron chi connectivity index (χ3n) is 4.97. The number of aryl methyl sites for hydroxylation is 2. The molecule has 32 heavy (non-hydrogen) atoms. The van der Waals surface area contributed by atoms with E-state index in [0.29, 0.717) is 4.90 Å². The normalized spacial score (nSPS) is 11.5. The van der Waals surface area contributed by atoms with Gasteiger partial charge in [0.05, 0.1) is 22.0 Å². The van der Waals surface area contributed by atoms with Gasteiger partial charge in [-0.3, -0.25) is 3.97 Å². The van der Waals surface area contributed by atoms with Gasteiger partial charge < -0.3 is 0 Å². The fourth-order valence-electron chi connectivity index (χ4n) is 3.12. The summed E-state index contributed by atoms with van der Waals surface area (Å²) >= 11 is 1.60. The topological polar surface area (TPSA) is 64.8 Å². The van der Waals surface area contributed by atoms with Crippen LogP contribution in [0.25, 0.3) is 22.4 Å². The molecular formula is C25H29N3O2S2. The first kappa shape index (κ1) is 24.0. The molecule has 0 bridgehead atoms. The summed E-state index contributed by atoms with van der Waals surface area (Å²) in [6, 6.07) is 15.2. The predicted molar refractivity (Wildman–Crippen MR) is 134 cm³/mol. The molecule has 0 saturated carbocycles. The lowest BCUT2D eigenvalue weighted by molar-refractivity contribution is 0.587. The van der Waals surface area contributed by atoms with Crippen molar-refractivity contribution in [3.63, 3.8) is 0 Å². The molecule has 4 aromatic rings. The Labute approximate surface area is 195 Å².